The van der Waals surface area contributed by atoms with Crippen molar-refractivity contribution in [2.24, 2.45) is 5.73 Å². The Bertz CT molecular complexity index is 860. The zero-order valence-electron chi connectivity index (χ0n) is 12.9. The molecule has 1 aliphatic heterocycles. The Labute approximate surface area is 153 Å². The molecule has 1 atom stereocenters. The molecule has 0 aliphatic carbocycles. The lowest BCUT2D eigenvalue weighted by Gasteiger charge is -2.21. The Morgan fingerprint density at radius 2 is 2.00 bits per heavy atom. The normalized spacial score (nSPS) is 13.9. The van der Waals surface area contributed by atoms with Crippen molar-refractivity contribution >= 4 is 35.2 Å². The number of hydrogen-bond donors (Lipinski definition) is 2. The predicted octanol–water partition coefficient (Wildman–Crippen LogP) is 4.16. The number of carboxylic acid groups (broad SMARTS) is 1. The molecule has 3 N–H and O–H groups in total. The molecule has 0 radical (unpaired) electrons. The number of hydrogen-bond acceptors (Lipinski definition) is 3. The Morgan fingerprint density at radius 3 is 2.64 bits per heavy atom. The van der Waals surface area contributed by atoms with Gasteiger partial charge in [0, 0.05) is 16.7 Å². The molecule has 0 saturated carbocycles. The molecule has 3 rings (SSSR count). The highest BCUT2D eigenvalue weighted by Crippen LogP contribution is 2.44. The molecule has 2 aromatic rings. The Balaban J connectivity index is 2.15. The van der Waals surface area contributed by atoms with Crippen molar-refractivity contribution in [3.63, 3.8) is 0 Å². The first-order chi connectivity index (χ1) is 11.9. The molecule has 0 amide bonds. The Kier molecular flexibility index (Phi) is 4.99. The van der Waals surface area contributed by atoms with Crippen LogP contribution in [-0.2, 0) is 11.2 Å². The van der Waals surface area contributed by atoms with Gasteiger partial charge in [0.05, 0.1) is 10.0 Å². The van der Waals surface area contributed by atoms with E-state index >= 15 is 0 Å². The molecule has 25 heavy (non-hydrogen) atoms. The molecule has 2 aromatic carbocycles. The molecule has 0 aromatic heterocycles. The summed E-state index contributed by atoms with van der Waals surface area (Å²) in [5.74, 6) is -1.09. The van der Waals surface area contributed by atoms with Crippen LogP contribution in [0.2, 0.25) is 10.0 Å². The second-order valence-electron chi connectivity index (χ2n) is 5.62. The molecule has 7 heteroatoms. The van der Waals surface area contributed by atoms with Gasteiger partial charge in [0.1, 0.15) is 24.2 Å². The van der Waals surface area contributed by atoms with Gasteiger partial charge < -0.3 is 15.6 Å². The second kappa shape index (κ2) is 7.04. The number of ether oxygens (including phenoxy) is 1. The summed E-state index contributed by atoms with van der Waals surface area (Å²) in [6.45, 7) is 0.352. The van der Waals surface area contributed by atoms with Crippen LogP contribution in [0.5, 0.6) is 5.75 Å². The van der Waals surface area contributed by atoms with Crippen LogP contribution < -0.4 is 10.5 Å². The van der Waals surface area contributed by atoms with E-state index in [2.05, 4.69) is 0 Å². The molecule has 0 spiro atoms. The molecule has 0 fully saturated rings. The van der Waals surface area contributed by atoms with E-state index in [9.17, 15) is 9.18 Å². The minimum atomic E-state index is -1.08. The summed E-state index contributed by atoms with van der Waals surface area (Å²) in [5.41, 5.74) is 8.18. The fourth-order valence-electron chi connectivity index (χ4n) is 2.77. The number of carbonyl (C=O) groups is 1. The van der Waals surface area contributed by atoms with Crippen molar-refractivity contribution in [1.82, 2.24) is 0 Å². The summed E-state index contributed by atoms with van der Waals surface area (Å²) in [6, 6.07) is 4.83. The van der Waals surface area contributed by atoms with Crippen LogP contribution in [0.15, 0.2) is 30.3 Å². The lowest BCUT2D eigenvalue weighted by atomic mass is 9.93. The van der Waals surface area contributed by atoms with Gasteiger partial charge in [-0.05, 0) is 30.2 Å². The average Bonchev–Trinajstić information content (AvgIpc) is 2.55. The first-order valence-electron chi connectivity index (χ1n) is 7.47. The van der Waals surface area contributed by atoms with Crippen LogP contribution in [0, 0.1) is 5.82 Å². The fraction of sp³-hybridized carbons (Fsp3) is 0.167. The average molecular weight is 382 g/mol. The van der Waals surface area contributed by atoms with E-state index in [-0.39, 0.29) is 16.5 Å². The molecule has 1 heterocycles. The number of benzene rings is 2. The van der Waals surface area contributed by atoms with Crippen molar-refractivity contribution in [2.75, 3.05) is 6.61 Å². The van der Waals surface area contributed by atoms with Gasteiger partial charge in [-0.3, -0.25) is 4.79 Å². The third-order valence-electron chi connectivity index (χ3n) is 3.93. The highest BCUT2D eigenvalue weighted by molar-refractivity contribution is 6.39. The predicted molar refractivity (Wildman–Crippen MR) is 95.7 cm³/mol. The number of fused-ring (bicyclic) bond motifs is 1. The fourth-order valence-corrected chi connectivity index (χ4v) is 3.44. The van der Waals surface area contributed by atoms with E-state index in [4.69, 9.17) is 38.8 Å². The minimum absolute atomic E-state index is 0.149. The van der Waals surface area contributed by atoms with Gasteiger partial charge in [-0.15, -0.1) is 0 Å². The Hall–Kier alpha value is -2.08. The first-order valence-corrected chi connectivity index (χ1v) is 8.22. The van der Waals surface area contributed by atoms with E-state index in [1.807, 2.05) is 12.2 Å². The maximum Gasteiger partial charge on any atom is 0.320 e. The van der Waals surface area contributed by atoms with Gasteiger partial charge in [0.2, 0.25) is 0 Å². The Morgan fingerprint density at radius 1 is 1.32 bits per heavy atom. The van der Waals surface area contributed by atoms with Gasteiger partial charge in [-0.2, -0.15) is 0 Å². The minimum Gasteiger partial charge on any atom is -0.488 e. The van der Waals surface area contributed by atoms with E-state index in [1.165, 1.54) is 12.1 Å². The molecular weight excluding hydrogens is 368 g/mol. The van der Waals surface area contributed by atoms with Crippen LogP contribution in [0.4, 0.5) is 4.39 Å². The van der Waals surface area contributed by atoms with Crippen LogP contribution >= 0.6 is 23.2 Å². The summed E-state index contributed by atoms with van der Waals surface area (Å²) >= 11 is 12.4. The van der Waals surface area contributed by atoms with Crippen molar-refractivity contribution < 1.29 is 19.0 Å². The highest BCUT2D eigenvalue weighted by Gasteiger charge is 2.22. The summed E-state index contributed by atoms with van der Waals surface area (Å²) in [5, 5.41) is 9.37. The largest absolute Gasteiger partial charge is 0.488 e. The molecule has 0 bridgehead atoms. The van der Waals surface area contributed by atoms with E-state index < -0.39 is 17.8 Å². The molecule has 130 valence electrons. The monoisotopic (exact) mass is 381 g/mol. The van der Waals surface area contributed by atoms with Crippen LogP contribution in [0.25, 0.3) is 17.2 Å². The second-order valence-corrected chi connectivity index (χ2v) is 6.44. The maximum atomic E-state index is 13.5. The number of nitrogens with two attached hydrogens (primary N) is 1. The zero-order chi connectivity index (χ0) is 18.1. The number of aliphatic carboxylic acids is 1. The molecule has 0 unspecified atom stereocenters. The zero-order valence-corrected chi connectivity index (χ0v) is 14.4. The summed E-state index contributed by atoms with van der Waals surface area (Å²) in [7, 11) is 0. The lowest BCUT2D eigenvalue weighted by Crippen LogP contribution is -2.32. The van der Waals surface area contributed by atoms with Crippen molar-refractivity contribution in [3.05, 3.63) is 57.3 Å². The summed E-state index contributed by atoms with van der Waals surface area (Å²) < 4.78 is 19.2. The maximum absolute atomic E-state index is 13.5. The van der Waals surface area contributed by atoms with Crippen LogP contribution in [-0.4, -0.2) is 23.7 Å². The molecular formula is C18H14Cl2FNO3. The van der Waals surface area contributed by atoms with Crippen molar-refractivity contribution in [1.29, 1.82) is 0 Å². The standard InChI is InChI=1S/C18H14Cl2FNO3/c19-13-7-10(21)8-14(20)16(13)12-4-3-9(6-15(22)18(23)24)11-2-1-5-25-17(11)12/h1-4,7-8,15H,5-6,22H2,(H,23,24)/t15-/m0/s1. The van der Waals surface area contributed by atoms with Gasteiger partial charge in [0.15, 0.2) is 0 Å². The third kappa shape index (κ3) is 3.49. The van der Waals surface area contributed by atoms with Crippen molar-refractivity contribution in [3.8, 4) is 16.9 Å². The SMILES string of the molecule is N[C@@H](Cc1ccc(-c2c(Cl)cc(F)cc2Cl)c2c1C=CCO2)C(=O)O. The molecule has 4 nitrogen and oxygen atoms in total. The van der Waals surface area contributed by atoms with Crippen molar-refractivity contribution in [2.45, 2.75) is 12.5 Å². The van der Waals surface area contributed by atoms with Gasteiger partial charge in [-0.1, -0.05) is 41.4 Å². The van der Waals surface area contributed by atoms with Gasteiger partial charge in [-0.25, -0.2) is 4.39 Å². The van der Waals surface area contributed by atoms with Crippen LogP contribution in [0.1, 0.15) is 11.1 Å². The van der Waals surface area contributed by atoms with Gasteiger partial charge in [0.25, 0.3) is 0 Å². The number of carboxylic acids is 1. The molecule has 1 aliphatic rings. The smallest absolute Gasteiger partial charge is 0.320 e. The summed E-state index contributed by atoms with van der Waals surface area (Å²) in [4.78, 5) is 11.0. The topological polar surface area (TPSA) is 72.5 Å². The summed E-state index contributed by atoms with van der Waals surface area (Å²) in [6.07, 6.45) is 3.81. The number of halogens is 3. The third-order valence-corrected chi connectivity index (χ3v) is 4.52. The van der Waals surface area contributed by atoms with E-state index in [0.29, 0.717) is 23.5 Å². The lowest BCUT2D eigenvalue weighted by molar-refractivity contribution is -0.138. The van der Waals surface area contributed by atoms with Gasteiger partial charge >= 0.3 is 5.97 Å². The van der Waals surface area contributed by atoms with Crippen LogP contribution in [0.3, 0.4) is 0 Å². The quantitative estimate of drug-likeness (QED) is 0.833. The highest BCUT2D eigenvalue weighted by atomic mass is 35.5. The number of rotatable bonds is 4. The first kappa shape index (κ1) is 17.7. The molecule has 0 saturated heterocycles. The van der Waals surface area contributed by atoms with E-state index in [1.54, 1.807) is 12.1 Å². The van der Waals surface area contributed by atoms with E-state index in [0.717, 1.165) is 11.1 Å².